The van der Waals surface area contributed by atoms with Gasteiger partial charge in [0.05, 0.1) is 5.69 Å². The van der Waals surface area contributed by atoms with Crippen LogP contribution in [0.25, 0.3) is 16.9 Å². The van der Waals surface area contributed by atoms with Gasteiger partial charge in [0, 0.05) is 25.9 Å². The fourth-order valence-electron chi connectivity index (χ4n) is 2.81. The molecule has 0 N–H and O–H groups in total. The summed E-state index contributed by atoms with van der Waals surface area (Å²) in [5.74, 6) is -1.34. The largest absolute Gasteiger partial charge is 0.449 e. The molecule has 1 amide bonds. The predicted octanol–water partition coefficient (Wildman–Crippen LogP) is 3.62. The van der Waals surface area contributed by atoms with E-state index in [2.05, 4.69) is 5.10 Å². The number of ether oxygens (including phenoxy) is 1. The van der Waals surface area contributed by atoms with Gasteiger partial charge in [-0.3, -0.25) is 4.79 Å². The summed E-state index contributed by atoms with van der Waals surface area (Å²) in [5.41, 5.74) is 3.03. The van der Waals surface area contributed by atoms with Gasteiger partial charge >= 0.3 is 5.97 Å². The molecular weight excluding hydrogens is 373 g/mol. The molecule has 0 bridgehead atoms. The molecule has 0 spiro atoms. The highest BCUT2D eigenvalue weighted by Crippen LogP contribution is 2.25. The first-order chi connectivity index (χ1) is 13.8. The van der Waals surface area contributed by atoms with E-state index in [0.29, 0.717) is 11.4 Å². The maximum atomic E-state index is 13.3. The Hall–Kier alpha value is -3.48. The van der Waals surface area contributed by atoms with E-state index in [1.807, 2.05) is 31.2 Å². The molecule has 7 heteroatoms. The molecule has 0 aliphatic heterocycles. The standard InChI is InChI=1S/C22H22FN3O3/c1-14-5-7-16(8-6-14)20-19(22(28)29-15(2)21(27)25(3)4)13-26(24-20)18-11-9-17(23)10-12-18/h5-13,15H,1-4H3/t15-/m1/s1. The van der Waals surface area contributed by atoms with Gasteiger partial charge in [0.25, 0.3) is 5.91 Å². The van der Waals surface area contributed by atoms with Gasteiger partial charge in [-0.1, -0.05) is 29.8 Å². The van der Waals surface area contributed by atoms with Crippen LogP contribution in [-0.4, -0.2) is 46.8 Å². The molecule has 0 radical (unpaired) electrons. The molecule has 0 aliphatic carbocycles. The summed E-state index contributed by atoms with van der Waals surface area (Å²) >= 11 is 0. The maximum absolute atomic E-state index is 13.3. The maximum Gasteiger partial charge on any atom is 0.342 e. The Labute approximate surface area is 168 Å². The number of esters is 1. The highest BCUT2D eigenvalue weighted by atomic mass is 19.1. The van der Waals surface area contributed by atoms with Crippen LogP contribution in [0.15, 0.2) is 54.7 Å². The number of hydrogen-bond donors (Lipinski definition) is 0. The van der Waals surface area contributed by atoms with Gasteiger partial charge in [-0.05, 0) is 38.1 Å². The summed E-state index contributed by atoms with van der Waals surface area (Å²) in [6, 6.07) is 13.3. The molecule has 3 rings (SSSR count). The molecular formula is C22H22FN3O3. The molecule has 0 unspecified atom stereocenters. The minimum Gasteiger partial charge on any atom is -0.449 e. The molecule has 1 aromatic heterocycles. The molecule has 0 aliphatic rings. The topological polar surface area (TPSA) is 64.4 Å². The zero-order valence-corrected chi connectivity index (χ0v) is 16.7. The molecule has 1 heterocycles. The van der Waals surface area contributed by atoms with Crippen LogP contribution in [0.5, 0.6) is 0 Å². The van der Waals surface area contributed by atoms with Crippen molar-refractivity contribution in [2.45, 2.75) is 20.0 Å². The van der Waals surface area contributed by atoms with Gasteiger partial charge in [0.2, 0.25) is 0 Å². The van der Waals surface area contributed by atoms with Crippen molar-refractivity contribution in [3.05, 3.63) is 71.7 Å². The lowest BCUT2D eigenvalue weighted by Crippen LogP contribution is -2.34. The molecule has 2 aromatic carbocycles. The van der Waals surface area contributed by atoms with Crippen LogP contribution in [-0.2, 0) is 9.53 Å². The van der Waals surface area contributed by atoms with Crippen molar-refractivity contribution in [3.63, 3.8) is 0 Å². The third kappa shape index (κ3) is 4.51. The summed E-state index contributed by atoms with van der Waals surface area (Å²) in [4.78, 5) is 26.3. The van der Waals surface area contributed by atoms with Crippen molar-refractivity contribution in [2.24, 2.45) is 0 Å². The van der Waals surface area contributed by atoms with Crippen molar-refractivity contribution in [3.8, 4) is 16.9 Å². The highest BCUT2D eigenvalue weighted by Gasteiger charge is 2.25. The minimum absolute atomic E-state index is 0.219. The first-order valence-corrected chi connectivity index (χ1v) is 9.11. The van der Waals surface area contributed by atoms with Gasteiger partial charge in [-0.15, -0.1) is 0 Å². The van der Waals surface area contributed by atoms with Crippen LogP contribution in [0.3, 0.4) is 0 Å². The fraction of sp³-hybridized carbons (Fsp3) is 0.227. The first-order valence-electron chi connectivity index (χ1n) is 9.11. The fourth-order valence-corrected chi connectivity index (χ4v) is 2.81. The van der Waals surface area contributed by atoms with Crippen LogP contribution in [0, 0.1) is 12.7 Å². The average Bonchev–Trinajstić information content (AvgIpc) is 3.13. The second-order valence-electron chi connectivity index (χ2n) is 6.96. The number of halogens is 1. The SMILES string of the molecule is Cc1ccc(-c2nn(-c3ccc(F)cc3)cc2C(=O)O[C@H](C)C(=O)N(C)C)cc1. The van der Waals surface area contributed by atoms with Crippen LogP contribution in [0.4, 0.5) is 4.39 Å². The van der Waals surface area contributed by atoms with Gasteiger partial charge in [-0.2, -0.15) is 5.10 Å². The van der Waals surface area contributed by atoms with Crippen LogP contribution in [0.2, 0.25) is 0 Å². The number of carbonyl (C=O) groups excluding carboxylic acids is 2. The summed E-state index contributed by atoms with van der Waals surface area (Å²) in [6.07, 6.45) is 0.593. The lowest BCUT2D eigenvalue weighted by atomic mass is 10.1. The molecule has 0 saturated heterocycles. The third-order valence-electron chi connectivity index (χ3n) is 4.42. The smallest absolute Gasteiger partial charge is 0.342 e. The van der Waals surface area contributed by atoms with Gasteiger partial charge in [0.15, 0.2) is 6.10 Å². The second kappa shape index (κ2) is 8.26. The van der Waals surface area contributed by atoms with E-state index < -0.39 is 12.1 Å². The van der Waals surface area contributed by atoms with Crippen LogP contribution >= 0.6 is 0 Å². The summed E-state index contributed by atoms with van der Waals surface area (Å²) in [5, 5.41) is 4.52. The van der Waals surface area contributed by atoms with Crippen molar-refractivity contribution in [2.75, 3.05) is 14.1 Å². The van der Waals surface area contributed by atoms with E-state index in [1.54, 1.807) is 26.2 Å². The number of aryl methyl sites for hydroxylation is 1. The highest BCUT2D eigenvalue weighted by molar-refractivity contribution is 5.97. The van der Waals surface area contributed by atoms with Crippen molar-refractivity contribution in [1.82, 2.24) is 14.7 Å². The Balaban J connectivity index is 2.01. The predicted molar refractivity (Wildman–Crippen MR) is 107 cm³/mol. The Kier molecular flexibility index (Phi) is 5.77. The van der Waals surface area contributed by atoms with Crippen LogP contribution in [0.1, 0.15) is 22.8 Å². The molecule has 3 aromatic rings. The number of amides is 1. The van der Waals surface area contributed by atoms with Crippen LogP contribution < -0.4 is 0 Å². The van der Waals surface area contributed by atoms with E-state index in [4.69, 9.17) is 4.74 Å². The number of likely N-dealkylation sites (N-methyl/N-ethyl adjacent to an activating group) is 1. The molecule has 0 saturated carbocycles. The van der Waals surface area contributed by atoms with Crippen molar-refractivity contribution >= 4 is 11.9 Å². The Morgan fingerprint density at radius 1 is 1.07 bits per heavy atom. The molecule has 150 valence electrons. The molecule has 1 atom stereocenters. The first kappa shape index (κ1) is 20.3. The molecule has 0 fully saturated rings. The van der Waals surface area contributed by atoms with E-state index >= 15 is 0 Å². The normalized spacial score (nSPS) is 11.8. The van der Waals surface area contributed by atoms with E-state index in [9.17, 15) is 14.0 Å². The lowest BCUT2D eigenvalue weighted by molar-refractivity contribution is -0.137. The third-order valence-corrected chi connectivity index (χ3v) is 4.42. The summed E-state index contributed by atoms with van der Waals surface area (Å²) in [7, 11) is 3.19. The average molecular weight is 395 g/mol. The zero-order valence-electron chi connectivity index (χ0n) is 16.7. The number of aromatic nitrogens is 2. The van der Waals surface area contributed by atoms with Gasteiger partial charge in [-0.25, -0.2) is 13.9 Å². The number of nitrogens with zero attached hydrogens (tertiary/aromatic N) is 3. The van der Waals surface area contributed by atoms with Gasteiger partial charge < -0.3 is 9.64 Å². The van der Waals surface area contributed by atoms with Crippen molar-refractivity contribution < 1.29 is 18.7 Å². The van der Waals surface area contributed by atoms with E-state index in [1.165, 1.54) is 34.8 Å². The monoisotopic (exact) mass is 395 g/mol. The van der Waals surface area contributed by atoms with E-state index in [-0.39, 0.29) is 17.3 Å². The second-order valence-corrected chi connectivity index (χ2v) is 6.96. The number of hydrogen-bond acceptors (Lipinski definition) is 4. The molecule has 29 heavy (non-hydrogen) atoms. The number of carbonyl (C=O) groups is 2. The van der Waals surface area contributed by atoms with Gasteiger partial charge in [0.1, 0.15) is 17.1 Å². The van der Waals surface area contributed by atoms with E-state index in [0.717, 1.165) is 11.1 Å². The summed E-state index contributed by atoms with van der Waals surface area (Å²) in [6.45, 7) is 3.49. The number of rotatable bonds is 5. The van der Waals surface area contributed by atoms with Crippen molar-refractivity contribution in [1.29, 1.82) is 0 Å². The number of benzene rings is 2. The quantitative estimate of drug-likeness (QED) is 0.619. The Morgan fingerprint density at radius 2 is 1.69 bits per heavy atom. The minimum atomic E-state index is -0.933. The summed E-state index contributed by atoms with van der Waals surface area (Å²) < 4.78 is 20.1. The Morgan fingerprint density at radius 3 is 2.28 bits per heavy atom. The zero-order chi connectivity index (χ0) is 21.1. The molecule has 6 nitrogen and oxygen atoms in total. The lowest BCUT2D eigenvalue weighted by Gasteiger charge is -2.17. The Bertz CT molecular complexity index is 1020.